The first-order valence-electron chi connectivity index (χ1n) is 5.41. The summed E-state index contributed by atoms with van der Waals surface area (Å²) in [6.07, 6.45) is 1.50. The number of aromatic nitrogens is 3. The molecule has 7 heteroatoms. The summed E-state index contributed by atoms with van der Waals surface area (Å²) in [6, 6.07) is 5.76. The number of hydrogen-bond donors (Lipinski definition) is 1. The van der Waals surface area contributed by atoms with Crippen LogP contribution in [-0.2, 0) is 16.9 Å². The zero-order chi connectivity index (χ0) is 12.8. The Balaban J connectivity index is 1.97. The molecule has 18 heavy (non-hydrogen) atoms. The van der Waals surface area contributed by atoms with Crippen LogP contribution < -0.4 is 0 Å². The van der Waals surface area contributed by atoms with E-state index < -0.39 is 11.6 Å². The van der Waals surface area contributed by atoms with Crippen molar-refractivity contribution >= 4 is 20.1 Å². The molecule has 1 aromatic heterocycles. The van der Waals surface area contributed by atoms with E-state index in [1.807, 2.05) is 0 Å². The average Bonchev–Trinajstić information content (AvgIpc) is 2.82. The van der Waals surface area contributed by atoms with Crippen molar-refractivity contribution < 1.29 is 9.13 Å². The fourth-order valence-corrected chi connectivity index (χ4v) is 2.19. The number of rotatable bonds is 3. The van der Waals surface area contributed by atoms with Crippen molar-refractivity contribution in [3.05, 3.63) is 46.7 Å². The lowest BCUT2D eigenvalue weighted by Crippen LogP contribution is -2.22. The van der Waals surface area contributed by atoms with Crippen LogP contribution in [0.4, 0.5) is 4.39 Å². The third-order valence-electron chi connectivity index (χ3n) is 3.07. The highest BCUT2D eigenvalue weighted by molar-refractivity contribution is 7.71. The molecule has 0 bridgehead atoms. The molecule has 2 radical (unpaired) electrons. The minimum atomic E-state index is -0.729. The van der Waals surface area contributed by atoms with Gasteiger partial charge in [-0.05, 0) is 29.9 Å². The summed E-state index contributed by atoms with van der Waals surface area (Å²) in [7, 11) is 5.82. The predicted octanol–water partition coefficient (Wildman–Crippen LogP) is 1.50. The SMILES string of the molecule is [B]C1OC1(Cn1[nH]cnc1=S)c1cccc(F)c1. The van der Waals surface area contributed by atoms with Gasteiger partial charge in [0, 0.05) is 0 Å². The van der Waals surface area contributed by atoms with Gasteiger partial charge in [0.15, 0.2) is 0 Å². The molecule has 2 heterocycles. The molecule has 1 aliphatic heterocycles. The molecule has 1 aliphatic rings. The summed E-state index contributed by atoms with van der Waals surface area (Å²) < 4.78 is 20.8. The number of H-pyrrole nitrogens is 1. The Labute approximate surface area is 109 Å². The predicted molar refractivity (Wildman–Crippen MR) is 66.1 cm³/mol. The van der Waals surface area contributed by atoms with Crippen molar-refractivity contribution in [3.63, 3.8) is 0 Å². The van der Waals surface area contributed by atoms with Gasteiger partial charge in [-0.15, -0.1) is 0 Å². The monoisotopic (exact) mass is 261 g/mol. The lowest BCUT2D eigenvalue weighted by molar-refractivity contribution is 0.265. The minimum Gasteiger partial charge on any atom is -0.370 e. The molecule has 2 aromatic rings. The van der Waals surface area contributed by atoms with Crippen molar-refractivity contribution in [2.75, 3.05) is 0 Å². The van der Waals surface area contributed by atoms with Crippen LogP contribution in [0.15, 0.2) is 30.6 Å². The number of nitrogens with zero attached hydrogens (tertiary/aromatic N) is 2. The van der Waals surface area contributed by atoms with E-state index in [0.29, 0.717) is 16.9 Å². The minimum absolute atomic E-state index is 0.317. The lowest BCUT2D eigenvalue weighted by Gasteiger charge is -2.14. The Hall–Kier alpha value is -1.47. The van der Waals surface area contributed by atoms with E-state index in [1.54, 1.807) is 16.8 Å². The Morgan fingerprint density at radius 2 is 2.39 bits per heavy atom. The summed E-state index contributed by atoms with van der Waals surface area (Å²) >= 11 is 5.05. The summed E-state index contributed by atoms with van der Waals surface area (Å²) in [5.74, 6) is -0.317. The molecule has 0 saturated carbocycles. The molecule has 1 saturated heterocycles. The summed E-state index contributed by atoms with van der Waals surface area (Å²) in [5.41, 5.74) is -0.0288. The first-order chi connectivity index (χ1) is 8.62. The van der Waals surface area contributed by atoms with Crippen LogP contribution in [-0.4, -0.2) is 28.6 Å². The highest BCUT2D eigenvalue weighted by atomic mass is 32.1. The van der Waals surface area contributed by atoms with Gasteiger partial charge in [0.2, 0.25) is 4.77 Å². The quantitative estimate of drug-likeness (QED) is 0.517. The topological polar surface area (TPSA) is 46.1 Å². The number of benzene rings is 1. The van der Waals surface area contributed by atoms with E-state index in [2.05, 4.69) is 10.1 Å². The van der Waals surface area contributed by atoms with Crippen molar-refractivity contribution in [1.29, 1.82) is 0 Å². The van der Waals surface area contributed by atoms with Gasteiger partial charge >= 0.3 is 0 Å². The highest BCUT2D eigenvalue weighted by Gasteiger charge is 2.54. The third-order valence-corrected chi connectivity index (χ3v) is 3.39. The van der Waals surface area contributed by atoms with Gasteiger partial charge in [-0.25, -0.2) is 9.37 Å². The van der Waals surface area contributed by atoms with Crippen LogP contribution >= 0.6 is 12.2 Å². The van der Waals surface area contributed by atoms with Gasteiger partial charge in [-0.2, -0.15) is 0 Å². The molecule has 3 rings (SSSR count). The highest BCUT2D eigenvalue weighted by Crippen LogP contribution is 2.45. The van der Waals surface area contributed by atoms with E-state index in [4.69, 9.17) is 24.8 Å². The molecular formula is C11H9BFN3OS. The van der Waals surface area contributed by atoms with E-state index in [9.17, 15) is 4.39 Å². The molecule has 4 nitrogen and oxygen atoms in total. The number of epoxide rings is 1. The van der Waals surface area contributed by atoms with Crippen LogP contribution in [0.25, 0.3) is 0 Å². The molecule has 90 valence electrons. The smallest absolute Gasteiger partial charge is 0.215 e. The van der Waals surface area contributed by atoms with Gasteiger partial charge in [-0.1, -0.05) is 12.1 Å². The Morgan fingerprint density at radius 1 is 1.61 bits per heavy atom. The maximum atomic E-state index is 13.3. The largest absolute Gasteiger partial charge is 0.370 e. The Bertz CT molecular complexity index is 643. The average molecular weight is 261 g/mol. The molecule has 1 fully saturated rings. The maximum Gasteiger partial charge on any atom is 0.215 e. The number of halogens is 1. The van der Waals surface area contributed by atoms with E-state index in [0.717, 1.165) is 0 Å². The van der Waals surface area contributed by atoms with Crippen molar-refractivity contribution in [2.24, 2.45) is 0 Å². The van der Waals surface area contributed by atoms with Crippen molar-refractivity contribution in [3.8, 4) is 0 Å². The Kier molecular flexibility index (Phi) is 2.60. The second-order valence-electron chi connectivity index (χ2n) is 4.19. The van der Waals surface area contributed by atoms with Crippen LogP contribution in [0, 0.1) is 10.6 Å². The zero-order valence-electron chi connectivity index (χ0n) is 9.34. The number of nitrogens with one attached hydrogen (secondary N) is 1. The molecule has 1 N–H and O–H groups in total. The fraction of sp³-hybridized carbons (Fsp3) is 0.273. The molecule has 2 unspecified atom stereocenters. The Morgan fingerprint density at radius 3 is 2.94 bits per heavy atom. The molecule has 2 atom stereocenters. The van der Waals surface area contributed by atoms with Crippen LogP contribution in [0.3, 0.4) is 0 Å². The maximum absolute atomic E-state index is 13.3. The number of ether oxygens (including phenoxy) is 1. The summed E-state index contributed by atoms with van der Waals surface area (Å²) in [6.45, 7) is 0.385. The summed E-state index contributed by atoms with van der Waals surface area (Å²) in [4.78, 5) is 3.92. The van der Waals surface area contributed by atoms with Crippen LogP contribution in [0.1, 0.15) is 5.56 Å². The number of aromatic amines is 1. The molecule has 0 aliphatic carbocycles. The second kappa shape index (κ2) is 4.03. The van der Waals surface area contributed by atoms with Gasteiger partial charge in [-0.3, -0.25) is 9.78 Å². The molecule has 0 spiro atoms. The zero-order valence-corrected chi connectivity index (χ0v) is 10.2. The summed E-state index contributed by atoms with van der Waals surface area (Å²) in [5, 5.41) is 2.88. The van der Waals surface area contributed by atoms with E-state index >= 15 is 0 Å². The van der Waals surface area contributed by atoms with Crippen molar-refractivity contribution in [1.82, 2.24) is 14.8 Å². The van der Waals surface area contributed by atoms with Gasteiger partial charge in [0.05, 0.1) is 12.5 Å². The van der Waals surface area contributed by atoms with Crippen LogP contribution in [0.5, 0.6) is 0 Å². The number of hydrogen-bond acceptors (Lipinski definition) is 3. The fourth-order valence-electron chi connectivity index (χ4n) is 2.02. The third kappa shape index (κ3) is 1.79. The first-order valence-corrected chi connectivity index (χ1v) is 5.82. The normalized spacial score (nSPS) is 26.2. The molecular weight excluding hydrogens is 252 g/mol. The van der Waals surface area contributed by atoms with Gasteiger partial charge in [0.25, 0.3) is 0 Å². The van der Waals surface area contributed by atoms with E-state index in [-0.39, 0.29) is 5.82 Å². The van der Waals surface area contributed by atoms with Crippen LogP contribution in [0.2, 0.25) is 0 Å². The van der Waals surface area contributed by atoms with Crippen molar-refractivity contribution in [2.45, 2.75) is 18.1 Å². The second-order valence-corrected chi connectivity index (χ2v) is 4.56. The van der Waals surface area contributed by atoms with Gasteiger partial charge in [0.1, 0.15) is 25.6 Å². The standard InChI is InChI=1S/C11H9BFN3OS/c12-9-11(17-9,5-16-10(18)14-6-15-16)7-2-1-3-8(13)4-7/h1-4,6,9H,5H2,(H,14,15,18). The van der Waals surface area contributed by atoms with E-state index in [1.165, 1.54) is 18.5 Å². The lowest BCUT2D eigenvalue weighted by atomic mass is 9.85. The first kappa shape index (κ1) is 11.6. The molecule has 0 amide bonds. The molecule has 1 aromatic carbocycles. The van der Waals surface area contributed by atoms with Gasteiger partial charge < -0.3 is 4.74 Å².